The number of hydrogen-bond acceptors (Lipinski definition) is 6. The molecule has 6 atom stereocenters. The van der Waals surface area contributed by atoms with Crippen LogP contribution in [0.2, 0.25) is 0 Å². The van der Waals surface area contributed by atoms with Crippen LogP contribution < -0.4 is 4.74 Å². The van der Waals surface area contributed by atoms with Gasteiger partial charge in [-0.1, -0.05) is 6.07 Å². The summed E-state index contributed by atoms with van der Waals surface area (Å²) in [6.45, 7) is 3.57. The molecule has 6 heteroatoms. The molecule has 35 heavy (non-hydrogen) atoms. The number of likely N-dealkylation sites (tertiary alicyclic amines) is 1. The molecule has 4 bridgehead atoms. The van der Waals surface area contributed by atoms with Crippen LogP contribution in [-0.4, -0.2) is 54.6 Å². The van der Waals surface area contributed by atoms with Gasteiger partial charge in [0.2, 0.25) is 0 Å². The van der Waals surface area contributed by atoms with Crippen molar-refractivity contribution in [2.75, 3.05) is 26.8 Å². The number of aromatic hydroxyl groups is 1. The zero-order valence-electron chi connectivity index (χ0n) is 20.5. The Hall–Kier alpha value is -2.02. The van der Waals surface area contributed by atoms with Crippen LogP contribution in [0, 0.1) is 17.3 Å². The van der Waals surface area contributed by atoms with Gasteiger partial charge in [0, 0.05) is 47.6 Å². The van der Waals surface area contributed by atoms with Gasteiger partial charge in [-0.3, -0.25) is 4.90 Å². The van der Waals surface area contributed by atoms with E-state index in [4.69, 9.17) is 18.6 Å². The summed E-state index contributed by atoms with van der Waals surface area (Å²) in [5.41, 5.74) is 3.44. The average Bonchev–Trinajstić information content (AvgIpc) is 3.38. The highest BCUT2D eigenvalue weighted by Gasteiger charge is 2.80. The fourth-order valence-electron chi connectivity index (χ4n) is 9.44. The first-order chi connectivity index (χ1) is 17.1. The molecule has 186 valence electrons. The van der Waals surface area contributed by atoms with Gasteiger partial charge >= 0.3 is 0 Å². The number of phenolic OH excluding ortho intramolecular Hbond substituents is 1. The van der Waals surface area contributed by atoms with Crippen LogP contribution in [0.5, 0.6) is 11.5 Å². The highest BCUT2D eigenvalue weighted by molar-refractivity contribution is 5.63. The quantitative estimate of drug-likeness (QED) is 0.637. The fraction of sp³-hybridized carbons (Fsp3) is 0.655. The molecule has 1 aromatic carbocycles. The highest BCUT2D eigenvalue weighted by Crippen LogP contribution is 2.76. The summed E-state index contributed by atoms with van der Waals surface area (Å²) >= 11 is 0. The van der Waals surface area contributed by atoms with Crippen LogP contribution in [0.3, 0.4) is 0 Å². The summed E-state index contributed by atoms with van der Waals surface area (Å²) < 4.78 is 25.0. The number of piperidine rings is 1. The number of ether oxygens (including phenoxy) is 3. The summed E-state index contributed by atoms with van der Waals surface area (Å²) in [4.78, 5) is 2.85. The molecule has 6 nitrogen and oxygen atoms in total. The maximum atomic E-state index is 10.9. The predicted octanol–water partition coefficient (Wildman–Crippen LogP) is 4.43. The van der Waals surface area contributed by atoms with E-state index in [1.807, 2.05) is 19.2 Å². The minimum absolute atomic E-state index is 0.0713. The first kappa shape index (κ1) is 21.1. The molecule has 5 fully saturated rings. The first-order valence-electron chi connectivity index (χ1n) is 13.5. The van der Waals surface area contributed by atoms with Crippen LogP contribution in [0.15, 0.2) is 35.1 Å². The van der Waals surface area contributed by atoms with E-state index < -0.39 is 5.60 Å². The number of benzene rings is 1. The van der Waals surface area contributed by atoms with Gasteiger partial charge in [-0.25, -0.2) is 0 Å². The number of rotatable bonds is 7. The van der Waals surface area contributed by atoms with Crippen molar-refractivity contribution >= 4 is 0 Å². The molecule has 4 saturated carbocycles. The molecule has 2 spiro atoms. The van der Waals surface area contributed by atoms with Gasteiger partial charge in [-0.2, -0.15) is 0 Å². The maximum Gasteiger partial charge on any atom is 0.165 e. The Morgan fingerprint density at radius 3 is 2.89 bits per heavy atom. The van der Waals surface area contributed by atoms with Crippen molar-refractivity contribution in [2.45, 2.75) is 74.7 Å². The van der Waals surface area contributed by atoms with E-state index in [-0.39, 0.29) is 22.9 Å². The SMILES string of the molecule is CO[C@]12CC[C@@]3(C[C@@H]1COCc1ccoc1)[C@H]1Cc4ccc(O)c5c4[C@@]3(CCN1CC1CC1)[C@H]2O5. The molecule has 2 aliphatic heterocycles. The molecule has 1 N–H and O–H groups in total. The normalized spacial score (nSPS) is 40.5. The topological polar surface area (TPSA) is 64.3 Å². The molecule has 0 unspecified atom stereocenters. The zero-order valence-corrected chi connectivity index (χ0v) is 20.5. The Morgan fingerprint density at radius 1 is 1.17 bits per heavy atom. The highest BCUT2D eigenvalue weighted by atomic mass is 16.6. The monoisotopic (exact) mass is 477 g/mol. The van der Waals surface area contributed by atoms with Gasteiger partial charge in [0.25, 0.3) is 0 Å². The van der Waals surface area contributed by atoms with E-state index in [9.17, 15) is 5.11 Å². The van der Waals surface area contributed by atoms with Crippen LogP contribution >= 0.6 is 0 Å². The molecule has 3 heterocycles. The van der Waals surface area contributed by atoms with Gasteiger partial charge in [-0.15, -0.1) is 0 Å². The Labute approximate surface area is 206 Å². The lowest BCUT2D eigenvalue weighted by Gasteiger charge is -2.74. The molecule has 5 aliphatic carbocycles. The van der Waals surface area contributed by atoms with Gasteiger partial charge in [0.15, 0.2) is 11.5 Å². The van der Waals surface area contributed by atoms with Crippen molar-refractivity contribution in [2.24, 2.45) is 17.3 Å². The summed E-state index contributed by atoms with van der Waals surface area (Å²) in [6, 6.07) is 6.52. The van der Waals surface area contributed by atoms with Gasteiger partial charge < -0.3 is 23.7 Å². The van der Waals surface area contributed by atoms with Crippen molar-refractivity contribution in [1.82, 2.24) is 4.90 Å². The van der Waals surface area contributed by atoms with E-state index in [1.165, 1.54) is 36.9 Å². The van der Waals surface area contributed by atoms with Crippen LogP contribution in [-0.2, 0) is 27.9 Å². The Balaban J connectivity index is 1.24. The number of phenols is 1. The lowest BCUT2D eigenvalue weighted by Crippen LogP contribution is -2.81. The van der Waals surface area contributed by atoms with Gasteiger partial charge in [0.05, 0.1) is 25.7 Å². The molecule has 1 aromatic heterocycles. The van der Waals surface area contributed by atoms with E-state index in [0.717, 1.165) is 49.5 Å². The van der Waals surface area contributed by atoms with E-state index in [2.05, 4.69) is 11.0 Å². The predicted molar refractivity (Wildman–Crippen MR) is 128 cm³/mol. The molecular weight excluding hydrogens is 442 g/mol. The lowest BCUT2D eigenvalue weighted by molar-refractivity contribution is -0.283. The summed E-state index contributed by atoms with van der Waals surface area (Å²) in [5.74, 6) is 2.18. The standard InChI is InChI=1S/C29H35NO5/c1-32-29-8-7-27(13-21(29)17-34-16-19-6-11-33-15-19)23-12-20-4-5-22(31)25-24(20)28(27,26(29)35-25)9-10-30(23)14-18-2-3-18/h4-6,11,15,18,21,23,26,31H,2-3,7-10,12-14,16-17H2,1H3/t21-,23-,26-,27-,28+,29-/m1/s1. The number of furan rings is 1. The first-order valence-corrected chi connectivity index (χ1v) is 13.5. The second kappa shape index (κ2) is 7.05. The molecule has 7 aliphatic rings. The maximum absolute atomic E-state index is 10.9. The van der Waals surface area contributed by atoms with Crippen molar-refractivity contribution in [3.63, 3.8) is 0 Å². The molecule has 2 aromatic rings. The second-order valence-electron chi connectivity index (χ2n) is 12.2. The van der Waals surface area contributed by atoms with Crippen molar-refractivity contribution in [1.29, 1.82) is 0 Å². The zero-order chi connectivity index (χ0) is 23.4. The largest absolute Gasteiger partial charge is 0.504 e. The Morgan fingerprint density at radius 2 is 2.09 bits per heavy atom. The number of fused-ring (bicyclic) bond motifs is 2. The fourth-order valence-corrected chi connectivity index (χ4v) is 9.44. The van der Waals surface area contributed by atoms with Crippen LogP contribution in [0.1, 0.15) is 55.2 Å². The number of methoxy groups -OCH3 is 1. The minimum atomic E-state index is -0.401. The molecule has 1 saturated heterocycles. The van der Waals surface area contributed by atoms with Gasteiger partial charge in [0.1, 0.15) is 11.7 Å². The second-order valence-corrected chi connectivity index (χ2v) is 12.2. The molecule has 0 radical (unpaired) electrons. The molecular formula is C29H35NO5. The third-order valence-corrected chi connectivity index (χ3v) is 11.0. The van der Waals surface area contributed by atoms with Crippen molar-refractivity contribution < 1.29 is 23.7 Å². The Bertz CT molecular complexity index is 1160. The molecule has 9 rings (SSSR count). The number of hydrogen-bond donors (Lipinski definition) is 1. The Kier molecular flexibility index (Phi) is 4.25. The number of nitrogens with zero attached hydrogens (tertiary/aromatic N) is 1. The smallest absolute Gasteiger partial charge is 0.165 e. The van der Waals surface area contributed by atoms with Crippen molar-refractivity contribution in [3.8, 4) is 11.5 Å². The lowest BCUT2D eigenvalue weighted by atomic mass is 9.35. The summed E-state index contributed by atoms with van der Waals surface area (Å²) in [7, 11) is 1.87. The van der Waals surface area contributed by atoms with Crippen molar-refractivity contribution in [3.05, 3.63) is 47.4 Å². The van der Waals surface area contributed by atoms with E-state index in [1.54, 1.807) is 12.5 Å². The van der Waals surface area contributed by atoms with Gasteiger partial charge in [-0.05, 0) is 75.1 Å². The molecule has 0 amide bonds. The third kappa shape index (κ3) is 2.51. The summed E-state index contributed by atoms with van der Waals surface area (Å²) in [6.07, 6.45) is 11.6. The average molecular weight is 478 g/mol. The van der Waals surface area contributed by atoms with Crippen LogP contribution in [0.4, 0.5) is 0 Å². The van der Waals surface area contributed by atoms with Crippen LogP contribution in [0.25, 0.3) is 0 Å². The minimum Gasteiger partial charge on any atom is -0.504 e. The van der Waals surface area contributed by atoms with E-state index in [0.29, 0.717) is 25.0 Å². The summed E-state index contributed by atoms with van der Waals surface area (Å²) in [5, 5.41) is 10.9. The van der Waals surface area contributed by atoms with E-state index >= 15 is 0 Å². The third-order valence-electron chi connectivity index (χ3n) is 11.0.